The summed E-state index contributed by atoms with van der Waals surface area (Å²) >= 11 is 0. The lowest BCUT2D eigenvalue weighted by atomic mass is 9.84. The molecule has 0 saturated carbocycles. The van der Waals surface area contributed by atoms with E-state index in [1.165, 1.54) is 16.7 Å². The summed E-state index contributed by atoms with van der Waals surface area (Å²) in [5.74, 6) is 1.97. The molecule has 4 rings (SSSR count). The summed E-state index contributed by atoms with van der Waals surface area (Å²) in [6, 6.07) is 8.80. The highest BCUT2D eigenvalue weighted by molar-refractivity contribution is 5.72. The quantitative estimate of drug-likeness (QED) is 0.408. The van der Waals surface area contributed by atoms with E-state index in [9.17, 15) is 0 Å². The molecular weight excluding hydrogens is 388 g/mol. The number of benzene rings is 2. The van der Waals surface area contributed by atoms with Crippen molar-refractivity contribution in [2.75, 3.05) is 26.4 Å². The van der Waals surface area contributed by atoms with Gasteiger partial charge < -0.3 is 18.9 Å². The lowest BCUT2D eigenvalue weighted by Crippen LogP contribution is -2.16. The van der Waals surface area contributed by atoms with Crippen LogP contribution in [0.5, 0.6) is 11.5 Å². The van der Waals surface area contributed by atoms with E-state index >= 15 is 0 Å². The average molecular weight is 423 g/mol. The number of epoxide rings is 2. The number of aryl methyl sites for hydroxylation is 3. The molecule has 2 aliphatic rings. The summed E-state index contributed by atoms with van der Waals surface area (Å²) in [4.78, 5) is 0. The molecule has 2 heterocycles. The van der Waals surface area contributed by atoms with Crippen LogP contribution in [0.2, 0.25) is 0 Å². The minimum atomic E-state index is -0.00815. The summed E-state index contributed by atoms with van der Waals surface area (Å²) in [6.45, 7) is 15.9. The van der Waals surface area contributed by atoms with Gasteiger partial charge in [-0.3, -0.25) is 0 Å². The van der Waals surface area contributed by atoms with Crippen LogP contribution in [0.25, 0.3) is 12.2 Å². The molecule has 2 aliphatic heterocycles. The van der Waals surface area contributed by atoms with Crippen LogP contribution in [-0.4, -0.2) is 38.6 Å². The Kier molecular flexibility index (Phi) is 6.14. The summed E-state index contributed by atoms with van der Waals surface area (Å²) in [6.07, 6.45) is 4.88. The minimum Gasteiger partial charge on any atom is -0.490 e. The van der Waals surface area contributed by atoms with Crippen molar-refractivity contribution < 1.29 is 18.9 Å². The summed E-state index contributed by atoms with van der Waals surface area (Å²) in [7, 11) is 0. The molecule has 166 valence electrons. The van der Waals surface area contributed by atoms with E-state index in [-0.39, 0.29) is 17.6 Å². The fourth-order valence-corrected chi connectivity index (χ4v) is 3.83. The third-order valence-electron chi connectivity index (χ3n) is 5.69. The molecule has 0 N–H and O–H groups in total. The highest BCUT2D eigenvalue weighted by atomic mass is 16.6. The van der Waals surface area contributed by atoms with Crippen LogP contribution in [-0.2, 0) is 14.9 Å². The van der Waals surface area contributed by atoms with E-state index in [0.717, 1.165) is 41.4 Å². The van der Waals surface area contributed by atoms with Gasteiger partial charge >= 0.3 is 0 Å². The van der Waals surface area contributed by atoms with E-state index < -0.39 is 0 Å². The Morgan fingerprint density at radius 2 is 1.19 bits per heavy atom. The van der Waals surface area contributed by atoms with E-state index in [1.807, 2.05) is 0 Å². The first-order chi connectivity index (χ1) is 14.7. The largest absolute Gasteiger partial charge is 0.490 e. The molecule has 2 unspecified atom stereocenters. The molecular formula is C27H34O4. The lowest BCUT2D eigenvalue weighted by molar-refractivity contribution is 0.257. The first-order valence-corrected chi connectivity index (χ1v) is 11.1. The van der Waals surface area contributed by atoms with Crippen molar-refractivity contribution in [1.29, 1.82) is 0 Å². The van der Waals surface area contributed by atoms with Gasteiger partial charge in [-0.05, 0) is 78.3 Å². The SMILES string of the molecule is Cc1cc(C=Cc2cc(C)c(OCC3CO3)c(C(C)(C)C)c2)cc(C)c1OCC1CO1. The molecule has 2 saturated heterocycles. The maximum Gasteiger partial charge on any atom is 0.126 e. The zero-order valence-electron chi connectivity index (χ0n) is 19.6. The van der Waals surface area contributed by atoms with E-state index in [0.29, 0.717) is 13.2 Å². The van der Waals surface area contributed by atoms with Gasteiger partial charge in [0.25, 0.3) is 0 Å². The maximum atomic E-state index is 6.15. The van der Waals surface area contributed by atoms with Gasteiger partial charge in [-0.1, -0.05) is 32.9 Å². The predicted octanol–water partition coefficient (Wildman–Crippen LogP) is 5.63. The second-order valence-corrected chi connectivity index (χ2v) is 9.81. The van der Waals surface area contributed by atoms with Crippen LogP contribution < -0.4 is 9.47 Å². The number of ether oxygens (including phenoxy) is 4. The molecule has 2 atom stereocenters. The van der Waals surface area contributed by atoms with Crippen LogP contribution in [0.4, 0.5) is 0 Å². The predicted molar refractivity (Wildman–Crippen MR) is 125 cm³/mol. The number of hydrogen-bond donors (Lipinski definition) is 0. The molecule has 4 nitrogen and oxygen atoms in total. The van der Waals surface area contributed by atoms with E-state index in [4.69, 9.17) is 18.9 Å². The smallest absolute Gasteiger partial charge is 0.126 e. The molecule has 0 aliphatic carbocycles. The Morgan fingerprint density at radius 1 is 0.774 bits per heavy atom. The van der Waals surface area contributed by atoms with E-state index in [1.54, 1.807) is 0 Å². The first kappa shape index (κ1) is 21.9. The van der Waals surface area contributed by atoms with Gasteiger partial charge in [0.15, 0.2) is 0 Å². The van der Waals surface area contributed by atoms with Crippen LogP contribution >= 0.6 is 0 Å². The highest BCUT2D eigenvalue weighted by Gasteiger charge is 2.26. The second kappa shape index (κ2) is 8.68. The molecule has 2 aromatic rings. The summed E-state index contributed by atoms with van der Waals surface area (Å²) in [5, 5.41) is 0. The Balaban J connectivity index is 1.55. The Labute approximate surface area is 186 Å². The Hall–Kier alpha value is -2.30. The van der Waals surface area contributed by atoms with Crippen LogP contribution in [0, 0.1) is 20.8 Å². The minimum absolute atomic E-state index is 0.00815. The normalized spacial score (nSPS) is 20.2. The lowest BCUT2D eigenvalue weighted by Gasteiger charge is -2.25. The van der Waals surface area contributed by atoms with Crippen molar-refractivity contribution in [1.82, 2.24) is 0 Å². The zero-order chi connectivity index (χ0) is 22.2. The third kappa shape index (κ3) is 5.69. The fraction of sp³-hybridized carbons (Fsp3) is 0.481. The third-order valence-corrected chi connectivity index (χ3v) is 5.69. The topological polar surface area (TPSA) is 43.5 Å². The number of hydrogen-bond acceptors (Lipinski definition) is 4. The molecule has 2 fully saturated rings. The van der Waals surface area contributed by atoms with E-state index in [2.05, 4.69) is 78.0 Å². The van der Waals surface area contributed by atoms with Crippen molar-refractivity contribution in [2.45, 2.75) is 59.2 Å². The van der Waals surface area contributed by atoms with Gasteiger partial charge in [0.05, 0.1) is 13.2 Å². The van der Waals surface area contributed by atoms with Gasteiger partial charge in [-0.15, -0.1) is 0 Å². The zero-order valence-corrected chi connectivity index (χ0v) is 19.6. The van der Waals surface area contributed by atoms with Crippen molar-refractivity contribution >= 4 is 12.2 Å². The average Bonchev–Trinajstić information content (AvgIpc) is 3.58. The molecule has 0 spiro atoms. The summed E-state index contributed by atoms with van der Waals surface area (Å²) < 4.78 is 22.7. The summed E-state index contributed by atoms with van der Waals surface area (Å²) in [5.41, 5.74) is 7.03. The van der Waals surface area contributed by atoms with Crippen molar-refractivity contribution in [3.63, 3.8) is 0 Å². The van der Waals surface area contributed by atoms with Gasteiger partial charge in [0.1, 0.15) is 36.9 Å². The first-order valence-electron chi connectivity index (χ1n) is 11.1. The molecule has 31 heavy (non-hydrogen) atoms. The molecule has 0 radical (unpaired) electrons. The standard InChI is InChI=1S/C27H34O4/c1-17-9-20(10-18(2)25(17)30-15-22-13-28-22)7-8-21-11-19(3)26(31-16-23-14-29-23)24(12-21)27(4,5)6/h7-12,22-23H,13-16H2,1-6H3. The van der Waals surface area contributed by atoms with Crippen molar-refractivity contribution in [2.24, 2.45) is 0 Å². The van der Waals surface area contributed by atoms with Crippen molar-refractivity contribution in [3.8, 4) is 11.5 Å². The van der Waals surface area contributed by atoms with Gasteiger partial charge in [0, 0.05) is 5.56 Å². The van der Waals surface area contributed by atoms with Crippen LogP contribution in [0.3, 0.4) is 0 Å². The molecule has 0 aromatic heterocycles. The fourth-order valence-electron chi connectivity index (χ4n) is 3.83. The van der Waals surface area contributed by atoms with Crippen LogP contribution in [0.1, 0.15) is 54.2 Å². The Morgan fingerprint density at radius 3 is 1.65 bits per heavy atom. The second-order valence-electron chi connectivity index (χ2n) is 9.81. The maximum absolute atomic E-state index is 6.15. The molecule has 2 aromatic carbocycles. The van der Waals surface area contributed by atoms with Crippen LogP contribution in [0.15, 0.2) is 24.3 Å². The van der Waals surface area contributed by atoms with Crippen molar-refractivity contribution in [3.05, 3.63) is 57.6 Å². The molecule has 0 amide bonds. The highest BCUT2D eigenvalue weighted by Crippen LogP contribution is 2.36. The monoisotopic (exact) mass is 422 g/mol. The Bertz CT molecular complexity index is 952. The number of rotatable bonds is 8. The van der Waals surface area contributed by atoms with Gasteiger partial charge in [-0.2, -0.15) is 0 Å². The molecule has 0 bridgehead atoms. The van der Waals surface area contributed by atoms with Gasteiger partial charge in [-0.25, -0.2) is 0 Å². The van der Waals surface area contributed by atoms with Gasteiger partial charge in [0.2, 0.25) is 0 Å². The molecule has 4 heteroatoms.